The molecule has 1 aliphatic rings. The molecule has 1 fully saturated rings. The van der Waals surface area contributed by atoms with Crippen molar-refractivity contribution in [2.45, 2.75) is 6.42 Å². The van der Waals surface area contributed by atoms with E-state index >= 15 is 0 Å². The highest BCUT2D eigenvalue weighted by molar-refractivity contribution is 6.42. The summed E-state index contributed by atoms with van der Waals surface area (Å²) in [5, 5.41) is 0.842. The fraction of sp³-hybridized carbons (Fsp3) is 0.316. The van der Waals surface area contributed by atoms with Crippen LogP contribution in [-0.2, 0) is 6.42 Å². The van der Waals surface area contributed by atoms with Crippen LogP contribution in [0.5, 0.6) is 0 Å². The molecule has 132 valence electrons. The Balaban J connectivity index is 1.50. The molecule has 3 nitrogen and oxygen atoms in total. The minimum Gasteiger partial charge on any atom is -0.336 e. The Morgan fingerprint density at radius 2 is 1.64 bits per heavy atom. The van der Waals surface area contributed by atoms with Crippen LogP contribution >= 0.6 is 23.2 Å². The number of nitrogens with zero attached hydrogens (tertiary/aromatic N) is 2. The minimum atomic E-state index is -0.210. The first-order valence-electron chi connectivity index (χ1n) is 8.24. The number of carbonyl (C=O) groups excluding carboxylic acids is 1. The van der Waals surface area contributed by atoms with Crippen molar-refractivity contribution in [3.8, 4) is 0 Å². The second kappa shape index (κ2) is 8.17. The molecule has 0 aromatic heterocycles. The molecule has 0 atom stereocenters. The van der Waals surface area contributed by atoms with E-state index in [0.717, 1.165) is 31.6 Å². The molecular weight excluding hydrogens is 362 g/mol. The van der Waals surface area contributed by atoms with Crippen LogP contribution < -0.4 is 0 Å². The maximum Gasteiger partial charge on any atom is 0.253 e. The molecule has 0 bridgehead atoms. The summed E-state index contributed by atoms with van der Waals surface area (Å²) in [4.78, 5) is 16.7. The van der Waals surface area contributed by atoms with Gasteiger partial charge in [-0.2, -0.15) is 0 Å². The second-order valence-corrected chi connectivity index (χ2v) is 6.95. The molecule has 0 unspecified atom stereocenters. The predicted octanol–water partition coefficient (Wildman–Crippen LogP) is 4.13. The average molecular weight is 381 g/mol. The van der Waals surface area contributed by atoms with E-state index in [9.17, 15) is 9.18 Å². The van der Waals surface area contributed by atoms with Gasteiger partial charge < -0.3 is 4.90 Å². The molecule has 0 aliphatic carbocycles. The monoisotopic (exact) mass is 380 g/mol. The van der Waals surface area contributed by atoms with Gasteiger partial charge in [0.05, 0.1) is 10.0 Å². The highest BCUT2D eigenvalue weighted by Crippen LogP contribution is 2.23. The first kappa shape index (κ1) is 18.2. The Hall–Kier alpha value is -1.62. The van der Waals surface area contributed by atoms with Gasteiger partial charge in [0.2, 0.25) is 0 Å². The topological polar surface area (TPSA) is 23.6 Å². The van der Waals surface area contributed by atoms with Gasteiger partial charge in [-0.15, -0.1) is 0 Å². The third kappa shape index (κ3) is 4.72. The molecule has 0 radical (unpaired) electrons. The quantitative estimate of drug-likeness (QED) is 0.795. The standard InChI is InChI=1S/C19H19Cl2FN2O/c20-17-6-3-15(13-18(17)21)19(25)24-11-9-23(10-12-24)8-7-14-1-4-16(22)5-2-14/h1-6,13H,7-12H2. The molecular formula is C19H19Cl2FN2O. The van der Waals surface area contributed by atoms with E-state index in [2.05, 4.69) is 4.90 Å². The van der Waals surface area contributed by atoms with Gasteiger partial charge in [0.25, 0.3) is 5.91 Å². The van der Waals surface area contributed by atoms with E-state index in [4.69, 9.17) is 23.2 Å². The molecule has 1 aliphatic heterocycles. The molecule has 1 saturated heterocycles. The molecule has 6 heteroatoms. The SMILES string of the molecule is O=C(c1ccc(Cl)c(Cl)c1)N1CCN(CCc2ccc(F)cc2)CC1. The summed E-state index contributed by atoms with van der Waals surface area (Å²) in [5.74, 6) is -0.227. The van der Waals surface area contributed by atoms with Crippen molar-refractivity contribution in [1.29, 1.82) is 0 Å². The largest absolute Gasteiger partial charge is 0.336 e. The zero-order chi connectivity index (χ0) is 17.8. The second-order valence-electron chi connectivity index (χ2n) is 6.14. The third-order valence-corrected chi connectivity index (χ3v) is 5.20. The number of benzene rings is 2. The van der Waals surface area contributed by atoms with Crippen LogP contribution in [-0.4, -0.2) is 48.4 Å². The summed E-state index contributed by atoms with van der Waals surface area (Å²) in [5.41, 5.74) is 1.69. The smallest absolute Gasteiger partial charge is 0.253 e. The van der Waals surface area contributed by atoms with Gasteiger partial charge in [-0.1, -0.05) is 35.3 Å². The first-order valence-corrected chi connectivity index (χ1v) is 8.99. The Bertz CT molecular complexity index is 744. The molecule has 2 aromatic rings. The zero-order valence-electron chi connectivity index (χ0n) is 13.7. The molecule has 3 rings (SSSR count). The van der Waals surface area contributed by atoms with Gasteiger partial charge >= 0.3 is 0 Å². The lowest BCUT2D eigenvalue weighted by molar-refractivity contribution is 0.0638. The third-order valence-electron chi connectivity index (χ3n) is 4.46. The molecule has 0 spiro atoms. The number of hydrogen-bond donors (Lipinski definition) is 0. The Kier molecular flexibility index (Phi) is 5.94. The molecule has 1 amide bonds. The van der Waals surface area contributed by atoms with Gasteiger partial charge in [-0.05, 0) is 42.3 Å². The minimum absolute atomic E-state index is 0.0169. The molecule has 1 heterocycles. The van der Waals surface area contributed by atoms with E-state index in [1.165, 1.54) is 12.1 Å². The predicted molar refractivity (Wildman–Crippen MR) is 98.9 cm³/mol. The lowest BCUT2D eigenvalue weighted by atomic mass is 10.1. The van der Waals surface area contributed by atoms with E-state index < -0.39 is 0 Å². The van der Waals surface area contributed by atoms with E-state index in [1.807, 2.05) is 17.0 Å². The molecule has 25 heavy (non-hydrogen) atoms. The maximum atomic E-state index is 12.9. The van der Waals surface area contributed by atoms with Crippen LogP contribution in [0.4, 0.5) is 4.39 Å². The summed E-state index contributed by atoms with van der Waals surface area (Å²) in [6.45, 7) is 3.92. The summed E-state index contributed by atoms with van der Waals surface area (Å²) in [6, 6.07) is 11.6. The van der Waals surface area contributed by atoms with Crippen molar-refractivity contribution in [2.24, 2.45) is 0 Å². The first-order chi connectivity index (χ1) is 12.0. The van der Waals surface area contributed by atoms with Gasteiger partial charge in [0, 0.05) is 38.3 Å². The summed E-state index contributed by atoms with van der Waals surface area (Å²) < 4.78 is 12.9. The van der Waals surface area contributed by atoms with Crippen LogP contribution in [0.1, 0.15) is 15.9 Å². The molecule has 0 N–H and O–H groups in total. The van der Waals surface area contributed by atoms with Crippen molar-refractivity contribution in [3.05, 3.63) is 69.5 Å². The fourth-order valence-corrected chi connectivity index (χ4v) is 3.22. The summed E-state index contributed by atoms with van der Waals surface area (Å²) in [7, 11) is 0. The number of hydrogen-bond acceptors (Lipinski definition) is 2. The summed E-state index contributed by atoms with van der Waals surface area (Å²) >= 11 is 11.9. The fourth-order valence-electron chi connectivity index (χ4n) is 2.92. The zero-order valence-corrected chi connectivity index (χ0v) is 15.2. The van der Waals surface area contributed by atoms with Crippen molar-refractivity contribution in [3.63, 3.8) is 0 Å². The van der Waals surface area contributed by atoms with Gasteiger partial charge in [0.1, 0.15) is 5.82 Å². The average Bonchev–Trinajstić information content (AvgIpc) is 2.63. The van der Waals surface area contributed by atoms with Crippen molar-refractivity contribution in [1.82, 2.24) is 9.80 Å². The Morgan fingerprint density at radius 1 is 0.960 bits per heavy atom. The van der Waals surface area contributed by atoms with Crippen LogP contribution in [0.3, 0.4) is 0 Å². The maximum absolute atomic E-state index is 12.9. The lowest BCUT2D eigenvalue weighted by Gasteiger charge is -2.34. The van der Waals surface area contributed by atoms with Crippen LogP contribution in [0.25, 0.3) is 0 Å². The number of carbonyl (C=O) groups is 1. The highest BCUT2D eigenvalue weighted by Gasteiger charge is 2.22. The van der Waals surface area contributed by atoms with E-state index in [0.29, 0.717) is 28.7 Å². The van der Waals surface area contributed by atoms with Crippen molar-refractivity contribution in [2.75, 3.05) is 32.7 Å². The van der Waals surface area contributed by atoms with Crippen LogP contribution in [0, 0.1) is 5.82 Å². The number of piperazine rings is 1. The van der Waals surface area contributed by atoms with E-state index in [-0.39, 0.29) is 11.7 Å². The Morgan fingerprint density at radius 3 is 2.28 bits per heavy atom. The van der Waals surface area contributed by atoms with Gasteiger partial charge in [-0.3, -0.25) is 9.69 Å². The van der Waals surface area contributed by atoms with Crippen molar-refractivity contribution < 1.29 is 9.18 Å². The summed E-state index contributed by atoms with van der Waals surface area (Å²) in [6.07, 6.45) is 0.876. The van der Waals surface area contributed by atoms with E-state index in [1.54, 1.807) is 18.2 Å². The number of amides is 1. The number of halogens is 3. The number of rotatable bonds is 4. The van der Waals surface area contributed by atoms with Crippen LogP contribution in [0.2, 0.25) is 10.0 Å². The normalized spacial score (nSPS) is 15.4. The van der Waals surface area contributed by atoms with Crippen LogP contribution in [0.15, 0.2) is 42.5 Å². The molecule has 2 aromatic carbocycles. The van der Waals surface area contributed by atoms with Crippen molar-refractivity contribution >= 4 is 29.1 Å². The Labute approximate surface area is 156 Å². The highest BCUT2D eigenvalue weighted by atomic mass is 35.5. The van der Waals surface area contributed by atoms with Gasteiger partial charge in [-0.25, -0.2) is 4.39 Å². The van der Waals surface area contributed by atoms with Gasteiger partial charge in [0.15, 0.2) is 0 Å². The molecule has 0 saturated carbocycles. The lowest BCUT2D eigenvalue weighted by Crippen LogP contribution is -2.49.